The van der Waals surface area contributed by atoms with Crippen LogP contribution < -0.4 is 10.9 Å². The molecule has 33 heavy (non-hydrogen) atoms. The SMILES string of the molecule is CCc1cccc(CC)c1NC(=O)[C@H](C)n1cnc2sc(C)c(-c3ccc(F)cc3)c2c1=O. The standard InChI is InChI=1S/C26H26FN3O2S/c1-5-17-8-7-9-18(6-2)23(17)29-24(31)15(3)30-14-28-25-22(26(30)32)21(16(4)33-25)19-10-12-20(27)13-11-19/h7-15H,5-6H2,1-4H3,(H,29,31)/t15-/m0/s1. The molecule has 2 aromatic carbocycles. The lowest BCUT2D eigenvalue weighted by Crippen LogP contribution is -2.32. The number of fused-ring (bicyclic) bond motifs is 1. The van der Waals surface area contributed by atoms with E-state index in [0.717, 1.165) is 45.7 Å². The summed E-state index contributed by atoms with van der Waals surface area (Å²) in [5.74, 6) is -0.611. The van der Waals surface area contributed by atoms with Crippen molar-refractivity contribution < 1.29 is 9.18 Å². The third kappa shape index (κ3) is 4.20. The van der Waals surface area contributed by atoms with E-state index in [1.165, 1.54) is 34.4 Å². The van der Waals surface area contributed by atoms with Crippen LogP contribution in [0.2, 0.25) is 0 Å². The Balaban J connectivity index is 1.76. The number of halogens is 1. The molecule has 0 spiro atoms. The molecule has 2 aromatic heterocycles. The molecule has 0 saturated carbocycles. The maximum Gasteiger partial charge on any atom is 0.263 e. The lowest BCUT2D eigenvalue weighted by Gasteiger charge is -2.19. The molecule has 0 saturated heterocycles. The first-order valence-corrected chi connectivity index (χ1v) is 11.8. The Kier molecular flexibility index (Phi) is 6.42. The fraction of sp³-hybridized carbons (Fsp3) is 0.269. The lowest BCUT2D eigenvalue weighted by molar-refractivity contribution is -0.118. The Morgan fingerprint density at radius 2 is 1.76 bits per heavy atom. The van der Waals surface area contributed by atoms with Gasteiger partial charge in [0.05, 0.1) is 11.7 Å². The molecule has 0 unspecified atom stereocenters. The maximum atomic E-state index is 13.5. The molecule has 7 heteroatoms. The highest BCUT2D eigenvalue weighted by molar-refractivity contribution is 7.19. The molecule has 170 valence electrons. The number of anilines is 1. The Labute approximate surface area is 195 Å². The van der Waals surface area contributed by atoms with Crippen LogP contribution in [0.15, 0.2) is 53.6 Å². The number of carbonyl (C=O) groups is 1. The first-order valence-electron chi connectivity index (χ1n) is 11.0. The molecule has 0 radical (unpaired) electrons. The molecule has 0 bridgehead atoms. The topological polar surface area (TPSA) is 64.0 Å². The molecule has 5 nitrogen and oxygen atoms in total. The zero-order chi connectivity index (χ0) is 23.7. The monoisotopic (exact) mass is 463 g/mol. The van der Waals surface area contributed by atoms with Gasteiger partial charge in [-0.05, 0) is 55.5 Å². The summed E-state index contributed by atoms with van der Waals surface area (Å²) in [5, 5.41) is 3.50. The number of benzene rings is 2. The van der Waals surface area contributed by atoms with Crippen molar-refractivity contribution in [3.05, 3.63) is 81.0 Å². The van der Waals surface area contributed by atoms with Crippen LogP contribution in [0.1, 0.15) is 42.8 Å². The van der Waals surface area contributed by atoms with Crippen LogP contribution in [-0.2, 0) is 17.6 Å². The molecule has 0 aliphatic heterocycles. The Hall–Kier alpha value is -3.32. The highest BCUT2D eigenvalue weighted by atomic mass is 32.1. The number of rotatable bonds is 6. The average Bonchev–Trinajstić information content (AvgIpc) is 3.16. The lowest BCUT2D eigenvalue weighted by atomic mass is 10.0. The van der Waals surface area contributed by atoms with Crippen molar-refractivity contribution >= 4 is 33.1 Å². The quantitative estimate of drug-likeness (QED) is 0.387. The maximum absolute atomic E-state index is 13.5. The minimum absolute atomic E-state index is 0.274. The van der Waals surface area contributed by atoms with E-state index in [-0.39, 0.29) is 17.3 Å². The summed E-state index contributed by atoms with van der Waals surface area (Å²) < 4.78 is 14.8. The van der Waals surface area contributed by atoms with E-state index in [0.29, 0.717) is 10.2 Å². The predicted octanol–water partition coefficient (Wildman–Crippen LogP) is 5.90. The van der Waals surface area contributed by atoms with Gasteiger partial charge in [0.25, 0.3) is 5.56 Å². The van der Waals surface area contributed by atoms with E-state index < -0.39 is 6.04 Å². The van der Waals surface area contributed by atoms with Crippen LogP contribution in [0, 0.1) is 12.7 Å². The van der Waals surface area contributed by atoms with Gasteiger partial charge in [0.2, 0.25) is 5.91 Å². The van der Waals surface area contributed by atoms with Gasteiger partial charge in [0.15, 0.2) is 0 Å². The van der Waals surface area contributed by atoms with Crippen LogP contribution in [-0.4, -0.2) is 15.5 Å². The molecule has 0 fully saturated rings. The zero-order valence-corrected chi connectivity index (χ0v) is 19.9. The minimum atomic E-state index is -0.759. The molecule has 1 atom stereocenters. The number of hydrogen-bond donors (Lipinski definition) is 1. The van der Waals surface area contributed by atoms with Gasteiger partial charge in [0, 0.05) is 16.1 Å². The highest BCUT2D eigenvalue weighted by Gasteiger charge is 2.23. The summed E-state index contributed by atoms with van der Waals surface area (Å²) >= 11 is 1.41. The summed E-state index contributed by atoms with van der Waals surface area (Å²) in [6.07, 6.45) is 3.02. The summed E-state index contributed by atoms with van der Waals surface area (Å²) in [6, 6.07) is 11.3. The molecule has 4 aromatic rings. The number of aryl methyl sites for hydroxylation is 3. The van der Waals surface area contributed by atoms with E-state index in [1.54, 1.807) is 19.1 Å². The first-order chi connectivity index (χ1) is 15.8. The molecule has 4 rings (SSSR count). The van der Waals surface area contributed by atoms with Crippen molar-refractivity contribution in [3.63, 3.8) is 0 Å². The third-order valence-corrected chi connectivity index (χ3v) is 7.00. The van der Waals surface area contributed by atoms with E-state index in [2.05, 4.69) is 10.3 Å². The molecule has 0 aliphatic carbocycles. The smallest absolute Gasteiger partial charge is 0.263 e. The van der Waals surface area contributed by atoms with E-state index in [1.807, 2.05) is 39.0 Å². The first kappa shape index (κ1) is 22.9. The minimum Gasteiger partial charge on any atom is -0.324 e. The van der Waals surface area contributed by atoms with Crippen LogP contribution in [0.3, 0.4) is 0 Å². The van der Waals surface area contributed by atoms with Gasteiger partial charge in [-0.3, -0.25) is 14.2 Å². The summed E-state index contributed by atoms with van der Waals surface area (Å²) in [4.78, 5) is 32.7. The van der Waals surface area contributed by atoms with Crippen molar-refractivity contribution in [2.45, 2.75) is 46.6 Å². The molecule has 2 heterocycles. The Morgan fingerprint density at radius 3 is 2.36 bits per heavy atom. The van der Waals surface area contributed by atoms with Gasteiger partial charge in [-0.15, -0.1) is 11.3 Å². The van der Waals surface area contributed by atoms with Crippen molar-refractivity contribution in [1.82, 2.24) is 9.55 Å². The second kappa shape index (κ2) is 9.27. The van der Waals surface area contributed by atoms with E-state index in [9.17, 15) is 14.0 Å². The molecular weight excluding hydrogens is 437 g/mol. The van der Waals surface area contributed by atoms with Crippen molar-refractivity contribution in [2.24, 2.45) is 0 Å². The fourth-order valence-corrected chi connectivity index (χ4v) is 5.12. The van der Waals surface area contributed by atoms with Gasteiger partial charge in [0.1, 0.15) is 16.7 Å². The van der Waals surface area contributed by atoms with E-state index in [4.69, 9.17) is 0 Å². The number of nitrogens with one attached hydrogen (secondary N) is 1. The molecule has 1 N–H and O–H groups in total. The zero-order valence-electron chi connectivity index (χ0n) is 19.1. The normalized spacial score (nSPS) is 12.2. The second-order valence-electron chi connectivity index (χ2n) is 8.00. The molecule has 0 aliphatic rings. The second-order valence-corrected chi connectivity index (χ2v) is 9.20. The summed E-state index contributed by atoms with van der Waals surface area (Å²) in [7, 11) is 0. The van der Waals surface area contributed by atoms with E-state index >= 15 is 0 Å². The number of para-hydroxylation sites is 1. The van der Waals surface area contributed by atoms with Gasteiger partial charge < -0.3 is 5.32 Å². The van der Waals surface area contributed by atoms with Crippen LogP contribution in [0.5, 0.6) is 0 Å². The van der Waals surface area contributed by atoms with Crippen molar-refractivity contribution in [3.8, 4) is 11.1 Å². The van der Waals surface area contributed by atoms with Gasteiger partial charge in [-0.2, -0.15) is 0 Å². The van der Waals surface area contributed by atoms with Crippen LogP contribution in [0.4, 0.5) is 10.1 Å². The number of hydrogen-bond acceptors (Lipinski definition) is 4. The largest absolute Gasteiger partial charge is 0.324 e. The van der Waals surface area contributed by atoms with Crippen molar-refractivity contribution in [2.75, 3.05) is 5.32 Å². The highest BCUT2D eigenvalue weighted by Crippen LogP contribution is 2.35. The number of carbonyl (C=O) groups excluding carboxylic acids is 1. The number of nitrogens with zero attached hydrogens (tertiary/aromatic N) is 2. The Bertz CT molecular complexity index is 1370. The van der Waals surface area contributed by atoms with Crippen LogP contribution in [0.25, 0.3) is 21.3 Å². The van der Waals surface area contributed by atoms with Gasteiger partial charge in [-0.25, -0.2) is 9.37 Å². The number of aromatic nitrogens is 2. The number of amides is 1. The molecule has 1 amide bonds. The summed E-state index contributed by atoms with van der Waals surface area (Å²) in [5.41, 5.74) is 4.13. The third-order valence-electron chi connectivity index (χ3n) is 5.99. The van der Waals surface area contributed by atoms with Gasteiger partial charge >= 0.3 is 0 Å². The number of thiophene rings is 1. The van der Waals surface area contributed by atoms with Crippen molar-refractivity contribution in [1.29, 1.82) is 0 Å². The van der Waals surface area contributed by atoms with Crippen LogP contribution >= 0.6 is 11.3 Å². The molecular formula is C26H26FN3O2S. The summed E-state index contributed by atoms with van der Waals surface area (Å²) in [6.45, 7) is 7.71. The van der Waals surface area contributed by atoms with Gasteiger partial charge in [-0.1, -0.05) is 44.2 Å². The predicted molar refractivity (Wildman–Crippen MR) is 133 cm³/mol. The Morgan fingerprint density at radius 1 is 1.12 bits per heavy atom. The average molecular weight is 464 g/mol. The fourth-order valence-electron chi connectivity index (χ4n) is 4.11.